The second-order valence-electron chi connectivity index (χ2n) is 5.94. The summed E-state index contributed by atoms with van der Waals surface area (Å²) in [6.07, 6.45) is 1.51. The summed E-state index contributed by atoms with van der Waals surface area (Å²) >= 11 is 0. The molecular formula is C18H19FO2. The lowest BCUT2D eigenvalue weighted by Crippen LogP contribution is -2.38. The molecule has 3 rings (SSSR count). The molecule has 2 aromatic carbocycles. The first-order chi connectivity index (χ1) is 10.1. The summed E-state index contributed by atoms with van der Waals surface area (Å²) in [6.45, 7) is 2.01. The molecule has 0 saturated heterocycles. The molecule has 1 unspecified atom stereocenters. The second-order valence-corrected chi connectivity index (χ2v) is 5.94. The molecule has 1 N–H and O–H groups in total. The highest BCUT2D eigenvalue weighted by Crippen LogP contribution is 2.41. The van der Waals surface area contributed by atoms with Crippen molar-refractivity contribution in [2.24, 2.45) is 0 Å². The number of aryl methyl sites for hydroxylation is 1. The number of hydrogen-bond acceptors (Lipinski definition) is 2. The highest BCUT2D eigenvalue weighted by molar-refractivity contribution is 5.38. The van der Waals surface area contributed by atoms with Crippen LogP contribution in [0.3, 0.4) is 0 Å². The van der Waals surface area contributed by atoms with Crippen LogP contribution in [0.15, 0.2) is 48.5 Å². The molecular weight excluding hydrogens is 267 g/mol. The lowest BCUT2D eigenvalue weighted by atomic mass is 9.86. The van der Waals surface area contributed by atoms with Crippen LogP contribution in [0.5, 0.6) is 5.75 Å². The fourth-order valence-corrected chi connectivity index (χ4v) is 2.91. The summed E-state index contributed by atoms with van der Waals surface area (Å²) < 4.78 is 19.3. The van der Waals surface area contributed by atoms with Crippen LogP contribution >= 0.6 is 0 Å². The van der Waals surface area contributed by atoms with Crippen LogP contribution in [0.4, 0.5) is 4.39 Å². The van der Waals surface area contributed by atoms with Crippen molar-refractivity contribution < 1.29 is 14.2 Å². The Bertz CT molecular complexity index is 626. The van der Waals surface area contributed by atoms with Gasteiger partial charge >= 0.3 is 0 Å². The van der Waals surface area contributed by atoms with Gasteiger partial charge in [-0.2, -0.15) is 0 Å². The molecule has 0 fully saturated rings. The van der Waals surface area contributed by atoms with E-state index in [1.54, 1.807) is 6.07 Å². The zero-order valence-corrected chi connectivity index (χ0v) is 12.1. The number of rotatable bonds is 3. The van der Waals surface area contributed by atoms with E-state index in [1.165, 1.54) is 17.7 Å². The monoisotopic (exact) mass is 286 g/mol. The largest absolute Gasteiger partial charge is 0.487 e. The lowest BCUT2D eigenvalue weighted by Gasteiger charge is -2.38. The summed E-state index contributed by atoms with van der Waals surface area (Å²) in [5.74, 6) is 0.245. The fourth-order valence-electron chi connectivity index (χ4n) is 2.91. The molecule has 0 spiro atoms. The predicted octanol–water partition coefficient (Wildman–Crippen LogP) is 4.03. The van der Waals surface area contributed by atoms with Gasteiger partial charge in [0.15, 0.2) is 0 Å². The summed E-state index contributed by atoms with van der Waals surface area (Å²) in [7, 11) is 0. The molecule has 3 heteroatoms. The van der Waals surface area contributed by atoms with E-state index in [0.717, 1.165) is 12.8 Å². The molecule has 0 saturated carbocycles. The Labute approximate surface area is 124 Å². The highest BCUT2D eigenvalue weighted by atomic mass is 19.1. The van der Waals surface area contributed by atoms with Crippen LogP contribution in [0, 0.1) is 5.82 Å². The van der Waals surface area contributed by atoms with Crippen molar-refractivity contribution in [3.05, 3.63) is 65.5 Å². The molecule has 21 heavy (non-hydrogen) atoms. The normalized spacial score (nSPS) is 24.2. The Morgan fingerprint density at radius 1 is 1.24 bits per heavy atom. The Balaban J connectivity index is 1.76. The van der Waals surface area contributed by atoms with Gasteiger partial charge in [-0.25, -0.2) is 4.39 Å². The van der Waals surface area contributed by atoms with Crippen molar-refractivity contribution in [3.63, 3.8) is 0 Å². The van der Waals surface area contributed by atoms with Crippen LogP contribution in [-0.2, 0) is 6.42 Å². The van der Waals surface area contributed by atoms with Gasteiger partial charge in [-0.05, 0) is 43.5 Å². The minimum absolute atomic E-state index is 0.343. The van der Waals surface area contributed by atoms with Crippen molar-refractivity contribution in [3.8, 4) is 5.75 Å². The van der Waals surface area contributed by atoms with Crippen molar-refractivity contribution in [2.75, 3.05) is 0 Å². The van der Waals surface area contributed by atoms with Gasteiger partial charge in [0, 0.05) is 12.0 Å². The summed E-state index contributed by atoms with van der Waals surface area (Å²) in [6, 6.07) is 14.5. The van der Waals surface area contributed by atoms with Gasteiger partial charge in [0.2, 0.25) is 0 Å². The van der Waals surface area contributed by atoms with E-state index in [4.69, 9.17) is 4.74 Å². The first-order valence-corrected chi connectivity index (χ1v) is 7.26. The fraction of sp³-hybridized carbons (Fsp3) is 0.333. The maximum absolute atomic E-state index is 13.3. The van der Waals surface area contributed by atoms with E-state index in [1.807, 2.05) is 25.1 Å². The zero-order valence-electron chi connectivity index (χ0n) is 12.1. The van der Waals surface area contributed by atoms with Crippen LogP contribution in [0.25, 0.3) is 0 Å². The Morgan fingerprint density at radius 3 is 2.76 bits per heavy atom. The second kappa shape index (κ2) is 5.49. The Kier molecular flexibility index (Phi) is 3.68. The van der Waals surface area contributed by atoms with Crippen molar-refractivity contribution in [2.45, 2.75) is 37.9 Å². The van der Waals surface area contributed by atoms with Gasteiger partial charge in [0.25, 0.3) is 0 Å². The van der Waals surface area contributed by atoms with E-state index in [0.29, 0.717) is 17.7 Å². The molecule has 0 aliphatic carbocycles. The van der Waals surface area contributed by atoms with Gasteiger partial charge in [-0.3, -0.25) is 0 Å². The number of halogens is 1. The highest BCUT2D eigenvalue weighted by Gasteiger charge is 2.36. The number of aliphatic hydroxyl groups excluding tert-OH is 1. The third-order valence-corrected chi connectivity index (χ3v) is 4.10. The van der Waals surface area contributed by atoms with E-state index < -0.39 is 11.7 Å². The number of benzene rings is 2. The van der Waals surface area contributed by atoms with Crippen molar-refractivity contribution >= 4 is 0 Å². The van der Waals surface area contributed by atoms with Crippen molar-refractivity contribution in [1.82, 2.24) is 0 Å². The number of ether oxygens (including phenoxy) is 1. The molecule has 0 bridgehead atoms. The number of fused-ring (bicyclic) bond motifs is 1. The number of aliphatic hydroxyl groups is 1. The lowest BCUT2D eigenvalue weighted by molar-refractivity contribution is -0.00697. The standard InChI is InChI=1S/C18H19FO2/c1-18(10-9-13-5-3-2-4-6-13)12-16(20)15-11-14(19)7-8-17(15)21-18/h2-8,11,16,20H,9-10,12H2,1H3/t16-,18?/m1/s1. The van der Waals surface area contributed by atoms with E-state index >= 15 is 0 Å². The summed E-state index contributed by atoms with van der Waals surface area (Å²) in [4.78, 5) is 0. The number of hydrogen-bond donors (Lipinski definition) is 1. The van der Waals surface area contributed by atoms with Crippen molar-refractivity contribution in [1.29, 1.82) is 0 Å². The Hall–Kier alpha value is -1.87. The molecule has 2 atom stereocenters. The average Bonchev–Trinajstić information content (AvgIpc) is 2.47. The van der Waals surface area contributed by atoms with Crippen LogP contribution in [0.2, 0.25) is 0 Å². The van der Waals surface area contributed by atoms with Gasteiger partial charge in [0.1, 0.15) is 17.2 Å². The van der Waals surface area contributed by atoms with Gasteiger partial charge in [-0.15, -0.1) is 0 Å². The zero-order chi connectivity index (χ0) is 14.9. The SMILES string of the molecule is CC1(CCc2ccccc2)C[C@@H](O)c2cc(F)ccc2O1. The van der Waals surface area contributed by atoms with Crippen LogP contribution in [-0.4, -0.2) is 10.7 Å². The van der Waals surface area contributed by atoms with Gasteiger partial charge in [0.05, 0.1) is 6.10 Å². The smallest absolute Gasteiger partial charge is 0.126 e. The maximum atomic E-state index is 13.3. The topological polar surface area (TPSA) is 29.5 Å². The molecule has 0 amide bonds. The average molecular weight is 286 g/mol. The van der Waals surface area contributed by atoms with Crippen LogP contribution in [0.1, 0.15) is 37.0 Å². The molecule has 0 aromatic heterocycles. The van der Waals surface area contributed by atoms with E-state index in [2.05, 4.69) is 12.1 Å². The van der Waals surface area contributed by atoms with Gasteiger partial charge in [-0.1, -0.05) is 30.3 Å². The summed E-state index contributed by atoms with van der Waals surface area (Å²) in [5.41, 5.74) is 1.37. The van der Waals surface area contributed by atoms with Crippen LogP contribution < -0.4 is 4.74 Å². The molecule has 2 aromatic rings. The predicted molar refractivity (Wildman–Crippen MR) is 79.8 cm³/mol. The maximum Gasteiger partial charge on any atom is 0.126 e. The third-order valence-electron chi connectivity index (χ3n) is 4.10. The first-order valence-electron chi connectivity index (χ1n) is 7.26. The Morgan fingerprint density at radius 2 is 2.00 bits per heavy atom. The minimum Gasteiger partial charge on any atom is -0.487 e. The minimum atomic E-state index is -0.676. The molecule has 1 aliphatic rings. The molecule has 110 valence electrons. The first kappa shape index (κ1) is 14.1. The summed E-state index contributed by atoms with van der Waals surface area (Å²) in [5, 5.41) is 10.3. The molecule has 1 aliphatic heterocycles. The van der Waals surface area contributed by atoms with Gasteiger partial charge < -0.3 is 9.84 Å². The molecule has 2 nitrogen and oxygen atoms in total. The molecule has 1 heterocycles. The van der Waals surface area contributed by atoms with E-state index in [-0.39, 0.29) is 5.82 Å². The van der Waals surface area contributed by atoms with E-state index in [9.17, 15) is 9.50 Å². The third kappa shape index (κ3) is 3.08. The molecule has 0 radical (unpaired) electrons. The quantitative estimate of drug-likeness (QED) is 0.923.